The number of benzene rings is 1. The van der Waals surface area contributed by atoms with E-state index in [2.05, 4.69) is 13.8 Å². The van der Waals surface area contributed by atoms with Crippen LogP contribution >= 0.6 is 0 Å². The third kappa shape index (κ3) is 3.89. The molecule has 0 saturated carbocycles. The second-order valence-corrected chi connectivity index (χ2v) is 4.17. The molecule has 0 amide bonds. The molecule has 0 aliphatic rings. The summed E-state index contributed by atoms with van der Waals surface area (Å²) in [6.07, 6.45) is 2.63. The molecule has 0 saturated heterocycles. The second-order valence-electron chi connectivity index (χ2n) is 4.17. The van der Waals surface area contributed by atoms with Gasteiger partial charge in [0.2, 0.25) is 0 Å². The predicted octanol–water partition coefficient (Wildman–Crippen LogP) is 3.29. The van der Waals surface area contributed by atoms with Gasteiger partial charge in [-0.15, -0.1) is 0 Å². The molecule has 0 radical (unpaired) electrons. The van der Waals surface area contributed by atoms with Gasteiger partial charge >= 0.3 is 5.97 Å². The van der Waals surface area contributed by atoms with Crippen LogP contribution in [0.15, 0.2) is 35.9 Å². The standard InChI is InChI=1S/C14H18O2/c1-11(2)9-13(14(15)16-3)10-12-7-5-4-6-8-12/h4-8,10-11H,9H2,1-3H3. The highest BCUT2D eigenvalue weighted by Gasteiger charge is 2.11. The molecule has 86 valence electrons. The summed E-state index contributed by atoms with van der Waals surface area (Å²) in [7, 11) is 1.42. The van der Waals surface area contributed by atoms with Crippen LogP contribution in [0.3, 0.4) is 0 Å². The molecule has 0 aliphatic heterocycles. The average Bonchev–Trinajstić information content (AvgIpc) is 2.28. The van der Waals surface area contributed by atoms with Crippen molar-refractivity contribution < 1.29 is 9.53 Å². The van der Waals surface area contributed by atoms with Gasteiger partial charge in [0, 0.05) is 5.57 Å². The summed E-state index contributed by atoms with van der Waals surface area (Å²) in [4.78, 5) is 11.6. The molecule has 0 aromatic heterocycles. The second kappa shape index (κ2) is 6.11. The minimum Gasteiger partial charge on any atom is -0.466 e. The van der Waals surface area contributed by atoms with Crippen molar-refractivity contribution in [3.63, 3.8) is 0 Å². The van der Waals surface area contributed by atoms with Crippen molar-refractivity contribution in [1.29, 1.82) is 0 Å². The smallest absolute Gasteiger partial charge is 0.333 e. The van der Waals surface area contributed by atoms with Crippen LogP contribution in [0, 0.1) is 5.92 Å². The lowest BCUT2D eigenvalue weighted by molar-refractivity contribution is -0.136. The summed E-state index contributed by atoms with van der Waals surface area (Å²) in [6, 6.07) is 9.82. The Kier molecular flexibility index (Phi) is 4.77. The maximum Gasteiger partial charge on any atom is 0.333 e. The van der Waals surface area contributed by atoms with Crippen LogP contribution in [0.5, 0.6) is 0 Å². The molecule has 0 aliphatic carbocycles. The number of esters is 1. The van der Waals surface area contributed by atoms with E-state index < -0.39 is 0 Å². The zero-order valence-corrected chi connectivity index (χ0v) is 10.1. The Labute approximate surface area is 96.9 Å². The quantitative estimate of drug-likeness (QED) is 0.572. The van der Waals surface area contributed by atoms with Gasteiger partial charge in [-0.3, -0.25) is 0 Å². The van der Waals surface area contributed by atoms with E-state index in [0.717, 1.165) is 17.6 Å². The molecule has 1 aromatic carbocycles. The SMILES string of the molecule is COC(=O)C(=Cc1ccccc1)CC(C)C. The van der Waals surface area contributed by atoms with Crippen molar-refractivity contribution in [2.45, 2.75) is 20.3 Å². The summed E-state index contributed by atoms with van der Waals surface area (Å²) >= 11 is 0. The molecular formula is C14H18O2. The van der Waals surface area contributed by atoms with E-state index in [4.69, 9.17) is 4.74 Å². The molecule has 0 bridgehead atoms. The highest BCUT2D eigenvalue weighted by atomic mass is 16.5. The Hall–Kier alpha value is -1.57. The number of methoxy groups -OCH3 is 1. The van der Waals surface area contributed by atoms with E-state index in [1.54, 1.807) is 0 Å². The predicted molar refractivity (Wildman–Crippen MR) is 65.9 cm³/mol. The zero-order valence-electron chi connectivity index (χ0n) is 10.1. The van der Waals surface area contributed by atoms with E-state index in [1.165, 1.54) is 7.11 Å². The van der Waals surface area contributed by atoms with E-state index in [-0.39, 0.29) is 5.97 Å². The Bertz CT molecular complexity index is 364. The number of carbonyl (C=O) groups excluding carboxylic acids is 1. The minimum atomic E-state index is -0.238. The average molecular weight is 218 g/mol. The van der Waals surface area contributed by atoms with Crippen molar-refractivity contribution in [2.24, 2.45) is 5.92 Å². The number of rotatable bonds is 4. The Balaban J connectivity index is 2.92. The fraction of sp³-hybridized carbons (Fsp3) is 0.357. The number of hydrogen-bond donors (Lipinski definition) is 0. The van der Waals surface area contributed by atoms with Gasteiger partial charge in [0.1, 0.15) is 0 Å². The largest absolute Gasteiger partial charge is 0.466 e. The molecule has 0 unspecified atom stereocenters. The normalized spacial score (nSPS) is 11.6. The van der Waals surface area contributed by atoms with Crippen LogP contribution in [-0.2, 0) is 9.53 Å². The van der Waals surface area contributed by atoms with Gasteiger partial charge in [-0.25, -0.2) is 4.79 Å². The van der Waals surface area contributed by atoms with Gasteiger partial charge in [0.05, 0.1) is 7.11 Å². The molecule has 0 heterocycles. The molecule has 0 atom stereocenters. The lowest BCUT2D eigenvalue weighted by Gasteiger charge is -2.08. The van der Waals surface area contributed by atoms with Crippen LogP contribution < -0.4 is 0 Å². The summed E-state index contributed by atoms with van der Waals surface area (Å²) in [5, 5.41) is 0. The van der Waals surface area contributed by atoms with Gasteiger partial charge in [-0.05, 0) is 24.0 Å². The summed E-state index contributed by atoms with van der Waals surface area (Å²) in [5.41, 5.74) is 1.76. The third-order valence-electron chi connectivity index (χ3n) is 2.22. The van der Waals surface area contributed by atoms with Gasteiger partial charge in [-0.1, -0.05) is 44.2 Å². The van der Waals surface area contributed by atoms with Crippen LogP contribution in [0.4, 0.5) is 0 Å². The van der Waals surface area contributed by atoms with Crippen molar-refractivity contribution in [1.82, 2.24) is 0 Å². The lowest BCUT2D eigenvalue weighted by atomic mass is 10.0. The fourth-order valence-corrected chi connectivity index (χ4v) is 1.52. The molecule has 0 fully saturated rings. The molecule has 1 aromatic rings. The number of hydrogen-bond acceptors (Lipinski definition) is 2. The summed E-state index contributed by atoms with van der Waals surface area (Å²) in [5.74, 6) is 0.201. The Morgan fingerprint density at radius 2 is 1.94 bits per heavy atom. The molecule has 16 heavy (non-hydrogen) atoms. The topological polar surface area (TPSA) is 26.3 Å². The molecule has 1 rings (SSSR count). The van der Waals surface area contributed by atoms with Gasteiger partial charge in [0.25, 0.3) is 0 Å². The van der Waals surface area contributed by atoms with Gasteiger partial charge in [-0.2, -0.15) is 0 Å². The Morgan fingerprint density at radius 3 is 2.44 bits per heavy atom. The number of carbonyl (C=O) groups is 1. The first-order valence-electron chi connectivity index (χ1n) is 5.47. The molecule has 0 spiro atoms. The van der Waals surface area contributed by atoms with E-state index in [0.29, 0.717) is 5.92 Å². The van der Waals surface area contributed by atoms with Gasteiger partial charge in [0.15, 0.2) is 0 Å². The van der Waals surface area contributed by atoms with Crippen LogP contribution in [0.25, 0.3) is 6.08 Å². The summed E-state index contributed by atoms with van der Waals surface area (Å²) < 4.78 is 4.78. The lowest BCUT2D eigenvalue weighted by Crippen LogP contribution is -2.07. The van der Waals surface area contributed by atoms with E-state index in [1.807, 2.05) is 36.4 Å². The molecule has 0 N–H and O–H groups in total. The molecule has 2 heteroatoms. The van der Waals surface area contributed by atoms with E-state index in [9.17, 15) is 4.79 Å². The maximum absolute atomic E-state index is 11.6. The van der Waals surface area contributed by atoms with Crippen molar-refractivity contribution in [3.05, 3.63) is 41.5 Å². The monoisotopic (exact) mass is 218 g/mol. The minimum absolute atomic E-state index is 0.238. The first-order valence-corrected chi connectivity index (χ1v) is 5.47. The highest BCUT2D eigenvalue weighted by molar-refractivity contribution is 5.93. The van der Waals surface area contributed by atoms with Crippen molar-refractivity contribution in [2.75, 3.05) is 7.11 Å². The van der Waals surface area contributed by atoms with Crippen LogP contribution in [-0.4, -0.2) is 13.1 Å². The fourth-order valence-electron chi connectivity index (χ4n) is 1.52. The summed E-state index contributed by atoms with van der Waals surface area (Å²) in [6.45, 7) is 4.17. The van der Waals surface area contributed by atoms with Crippen molar-refractivity contribution in [3.8, 4) is 0 Å². The zero-order chi connectivity index (χ0) is 12.0. The number of ether oxygens (including phenoxy) is 1. The maximum atomic E-state index is 11.6. The highest BCUT2D eigenvalue weighted by Crippen LogP contribution is 2.16. The van der Waals surface area contributed by atoms with Crippen molar-refractivity contribution >= 4 is 12.0 Å². The molecular weight excluding hydrogens is 200 g/mol. The third-order valence-corrected chi connectivity index (χ3v) is 2.22. The first kappa shape index (κ1) is 12.5. The first-order chi connectivity index (χ1) is 7.63. The van der Waals surface area contributed by atoms with Crippen LogP contribution in [0.1, 0.15) is 25.8 Å². The van der Waals surface area contributed by atoms with Gasteiger partial charge < -0.3 is 4.74 Å². The van der Waals surface area contributed by atoms with Crippen LogP contribution in [0.2, 0.25) is 0 Å². The molecule has 2 nitrogen and oxygen atoms in total. The Morgan fingerprint density at radius 1 is 1.31 bits per heavy atom. The van der Waals surface area contributed by atoms with E-state index >= 15 is 0 Å².